The van der Waals surface area contributed by atoms with Crippen LogP contribution in [0.3, 0.4) is 0 Å². The van der Waals surface area contributed by atoms with Gasteiger partial charge in [-0.2, -0.15) is 0 Å². The average molecular weight is 115 g/mol. The average Bonchev–Trinajstić information content (AvgIpc) is 0.811. The van der Waals surface area contributed by atoms with Crippen molar-refractivity contribution in [1.82, 2.24) is 0 Å². The van der Waals surface area contributed by atoms with Gasteiger partial charge in [0.15, 0.2) is 8.93 Å². The summed E-state index contributed by atoms with van der Waals surface area (Å²) in [7, 11) is 1.93. The van der Waals surface area contributed by atoms with Gasteiger partial charge in [0.05, 0.1) is 0 Å². The molecule has 0 rings (SSSR count). The molecule has 0 aliphatic carbocycles. The van der Waals surface area contributed by atoms with E-state index in [0.717, 1.165) is 0 Å². The third kappa shape index (κ3) is 13.9. The van der Waals surface area contributed by atoms with Crippen molar-refractivity contribution < 1.29 is 4.57 Å². The molecule has 0 aliphatic heterocycles. The maximum Gasteiger partial charge on any atom is 0.464 e. The van der Waals surface area contributed by atoms with Gasteiger partial charge in [0.25, 0.3) is 0 Å². The van der Waals surface area contributed by atoms with E-state index in [0.29, 0.717) is 0 Å². The Hall–Kier alpha value is 0.820. The quantitative estimate of drug-likeness (QED) is 0.440. The Labute approximate surface area is 32.4 Å². The van der Waals surface area contributed by atoms with Crippen molar-refractivity contribution in [3.63, 3.8) is 0 Å². The largest absolute Gasteiger partial charge is 0.464 e. The first-order chi connectivity index (χ1) is 1.73. The van der Waals surface area contributed by atoms with Gasteiger partial charge in [-0.15, -0.1) is 0 Å². The van der Waals surface area contributed by atoms with Crippen LogP contribution in [0.25, 0.3) is 0 Å². The predicted octanol–water partition coefficient (Wildman–Crippen LogP) is 1.76. The molecule has 0 bridgehead atoms. The van der Waals surface area contributed by atoms with Crippen molar-refractivity contribution in [2.75, 3.05) is 0 Å². The molecule has 0 aromatic rings. The van der Waals surface area contributed by atoms with E-state index < -0.39 is 6.84 Å². The van der Waals surface area contributed by atoms with Crippen LogP contribution in [0.4, 0.5) is 0 Å². The molecule has 4 heteroatoms. The topological polar surface area (TPSA) is 17.1 Å². The molecule has 0 saturated carbocycles. The minimum Gasteiger partial charge on any atom is -0.0499 e. The SMILES string of the molecule is O=[P+](P)Cl. The molecule has 0 radical (unpaired) electrons. The summed E-state index contributed by atoms with van der Waals surface area (Å²) in [6.45, 7) is -1.48. The fourth-order valence-electron chi connectivity index (χ4n) is 0. The number of hydrogen-bond donors (Lipinski definition) is 0. The summed E-state index contributed by atoms with van der Waals surface area (Å²) in [6, 6.07) is 0. The lowest BCUT2D eigenvalue weighted by molar-refractivity contribution is 0.603. The van der Waals surface area contributed by atoms with Crippen molar-refractivity contribution in [3.05, 3.63) is 0 Å². The van der Waals surface area contributed by atoms with E-state index in [1.807, 2.05) is 8.93 Å². The van der Waals surface area contributed by atoms with E-state index in [2.05, 4.69) is 0 Å². The van der Waals surface area contributed by atoms with Gasteiger partial charge in [-0.1, -0.05) is 0 Å². The summed E-state index contributed by atoms with van der Waals surface area (Å²) in [4.78, 5) is 0. The Morgan fingerprint density at radius 2 is 2.00 bits per heavy atom. The van der Waals surface area contributed by atoms with Crippen LogP contribution >= 0.6 is 27.0 Å². The van der Waals surface area contributed by atoms with Crippen molar-refractivity contribution in [2.24, 2.45) is 0 Å². The molecule has 0 aromatic carbocycles. The molecule has 0 amide bonds. The Morgan fingerprint density at radius 3 is 2.00 bits per heavy atom. The molecule has 0 saturated heterocycles. The highest BCUT2D eigenvalue weighted by atomic mass is 35.7. The summed E-state index contributed by atoms with van der Waals surface area (Å²) >= 11 is 4.75. The number of halogens is 1. The minimum atomic E-state index is -1.48. The lowest BCUT2D eigenvalue weighted by Gasteiger charge is -1.29. The van der Waals surface area contributed by atoms with Crippen molar-refractivity contribution in [3.8, 4) is 0 Å². The summed E-state index contributed by atoms with van der Waals surface area (Å²) < 4.78 is 9.32. The van der Waals surface area contributed by atoms with Crippen LogP contribution in [-0.4, -0.2) is 0 Å². The molecule has 1 nitrogen and oxygen atoms in total. The van der Waals surface area contributed by atoms with Crippen LogP contribution in [0.2, 0.25) is 0 Å². The van der Waals surface area contributed by atoms with Crippen LogP contribution < -0.4 is 0 Å². The van der Waals surface area contributed by atoms with Gasteiger partial charge in [-0.3, -0.25) is 0 Å². The zero-order valence-corrected chi connectivity index (χ0v) is 4.62. The molecule has 0 heterocycles. The summed E-state index contributed by atoms with van der Waals surface area (Å²) in [5.41, 5.74) is 0. The summed E-state index contributed by atoms with van der Waals surface area (Å²) in [5.74, 6) is 0. The normalized spacial score (nSPS) is 11.0. The van der Waals surface area contributed by atoms with Gasteiger partial charge in [0, 0.05) is 0 Å². The van der Waals surface area contributed by atoms with Crippen LogP contribution in [0.1, 0.15) is 0 Å². The van der Waals surface area contributed by atoms with Crippen LogP contribution in [0.5, 0.6) is 0 Å². The van der Waals surface area contributed by atoms with E-state index in [1.165, 1.54) is 0 Å². The lowest BCUT2D eigenvalue weighted by Crippen LogP contribution is -0.929. The van der Waals surface area contributed by atoms with Gasteiger partial charge in [0.2, 0.25) is 11.2 Å². The standard InChI is InChI=1S/ClH2OP2/c1-4(2)3/h3H2/q+1. The zero-order chi connectivity index (χ0) is 3.58. The smallest absolute Gasteiger partial charge is 0.0499 e. The first-order valence-corrected chi connectivity index (χ1v) is 4.39. The van der Waals surface area contributed by atoms with E-state index in [-0.39, 0.29) is 0 Å². The Morgan fingerprint density at radius 1 is 2.00 bits per heavy atom. The van der Waals surface area contributed by atoms with Crippen LogP contribution in [0.15, 0.2) is 0 Å². The third-order valence-corrected chi connectivity index (χ3v) is 0. The molecule has 0 N–H and O–H groups in total. The molecular formula is H2ClOP2+. The van der Waals surface area contributed by atoms with Gasteiger partial charge in [-0.05, 0) is 4.57 Å². The highest BCUT2D eigenvalue weighted by Crippen LogP contribution is 2.34. The maximum absolute atomic E-state index is 9.32. The van der Waals surface area contributed by atoms with Crippen molar-refractivity contribution >= 4 is 27.0 Å². The second kappa shape index (κ2) is 2.08. The van der Waals surface area contributed by atoms with Gasteiger partial charge in [-0.25, -0.2) is 0 Å². The Bertz CT molecular complexity index is 29.0. The van der Waals surface area contributed by atoms with E-state index in [9.17, 15) is 4.57 Å². The molecule has 24 valence electrons. The Kier molecular flexibility index (Phi) is 2.51. The second-order valence-electron chi connectivity index (χ2n) is 0.272. The lowest BCUT2D eigenvalue weighted by atomic mass is 16.0. The molecule has 4 heavy (non-hydrogen) atoms. The summed E-state index contributed by atoms with van der Waals surface area (Å²) in [5, 5.41) is 0. The van der Waals surface area contributed by atoms with E-state index in [4.69, 9.17) is 11.2 Å². The van der Waals surface area contributed by atoms with Gasteiger partial charge >= 0.3 is 6.84 Å². The fraction of sp³-hybridized carbons (Fsp3) is 0. The van der Waals surface area contributed by atoms with Crippen LogP contribution in [0, 0.1) is 0 Å². The minimum absolute atomic E-state index is 1.48. The molecule has 0 aromatic heterocycles. The van der Waals surface area contributed by atoms with Gasteiger partial charge in [0.1, 0.15) is 0 Å². The van der Waals surface area contributed by atoms with Crippen LogP contribution in [-0.2, 0) is 4.57 Å². The number of hydrogen-bond acceptors (Lipinski definition) is 1. The fourth-order valence-corrected chi connectivity index (χ4v) is 0. The molecule has 2 atom stereocenters. The monoisotopic (exact) mass is 115 g/mol. The Balaban J connectivity index is 2.80. The van der Waals surface area contributed by atoms with E-state index >= 15 is 0 Å². The zero-order valence-electron chi connectivity index (χ0n) is 1.81. The molecule has 0 aliphatic rings. The second-order valence-corrected chi connectivity index (χ2v) is 4.20. The molecular weight excluding hydrogens is 113 g/mol. The molecule has 2 unspecified atom stereocenters. The van der Waals surface area contributed by atoms with E-state index in [1.54, 1.807) is 0 Å². The highest BCUT2D eigenvalue weighted by molar-refractivity contribution is 8.20. The van der Waals surface area contributed by atoms with Crippen molar-refractivity contribution in [1.29, 1.82) is 0 Å². The summed E-state index contributed by atoms with van der Waals surface area (Å²) in [6.07, 6.45) is 0. The highest BCUT2D eigenvalue weighted by Gasteiger charge is 1.89. The van der Waals surface area contributed by atoms with Crippen molar-refractivity contribution in [2.45, 2.75) is 0 Å². The predicted molar refractivity (Wildman–Crippen MR) is 23.2 cm³/mol. The number of rotatable bonds is 0. The molecule has 0 fully saturated rings. The third-order valence-electron chi connectivity index (χ3n) is 0. The molecule has 0 spiro atoms. The maximum atomic E-state index is 9.32. The van der Waals surface area contributed by atoms with Gasteiger partial charge < -0.3 is 0 Å². The first kappa shape index (κ1) is 4.82. The first-order valence-electron chi connectivity index (χ1n) is 0.610.